The van der Waals surface area contributed by atoms with Gasteiger partial charge in [0.2, 0.25) is 0 Å². The maximum atomic E-state index is 12.5. The predicted molar refractivity (Wildman–Crippen MR) is 136 cm³/mol. The Morgan fingerprint density at radius 2 is 1.86 bits per heavy atom. The van der Waals surface area contributed by atoms with Gasteiger partial charge >= 0.3 is 12.1 Å². The smallest absolute Gasteiger partial charge is 0.337 e. The highest BCUT2D eigenvalue weighted by Gasteiger charge is 2.26. The summed E-state index contributed by atoms with van der Waals surface area (Å²) in [4.78, 5) is 43.2. The number of rotatable bonds is 6. The maximum absolute atomic E-state index is 12.5. The fourth-order valence-electron chi connectivity index (χ4n) is 4.34. The molecule has 2 heterocycles. The normalized spacial score (nSPS) is 16.2. The minimum absolute atomic E-state index is 0.00100. The second kappa shape index (κ2) is 12.3. The molecular formula is C25H32N6O3S. The molecule has 2 aliphatic rings. The fraction of sp³-hybridized carbons (Fsp3) is 0.440. The van der Waals surface area contributed by atoms with Gasteiger partial charge in [-0.3, -0.25) is 10.2 Å². The van der Waals surface area contributed by atoms with Crippen molar-refractivity contribution in [2.45, 2.75) is 50.9 Å². The van der Waals surface area contributed by atoms with Gasteiger partial charge in [0.25, 0.3) is 5.91 Å². The van der Waals surface area contributed by atoms with E-state index in [2.05, 4.69) is 32.5 Å². The SMILES string of the molecule is O=C(NNC(=O)c1csc(C2CCN(C(=O)NCCC3=CCCCC3)CC2)n1)Nc1ccccc1. The summed E-state index contributed by atoms with van der Waals surface area (Å²) in [6, 6.07) is 8.41. The van der Waals surface area contributed by atoms with Crippen molar-refractivity contribution in [2.24, 2.45) is 0 Å². The van der Waals surface area contributed by atoms with Crippen molar-refractivity contribution in [2.75, 3.05) is 25.0 Å². The molecule has 5 amide bonds. The summed E-state index contributed by atoms with van der Waals surface area (Å²) in [6.45, 7) is 2.02. The van der Waals surface area contributed by atoms with Gasteiger partial charge in [0.05, 0.1) is 5.01 Å². The summed E-state index contributed by atoms with van der Waals surface area (Å²) in [7, 11) is 0. The van der Waals surface area contributed by atoms with E-state index in [0.717, 1.165) is 37.1 Å². The Hall–Kier alpha value is -3.40. The van der Waals surface area contributed by atoms with Crippen LogP contribution in [0.25, 0.3) is 0 Å². The van der Waals surface area contributed by atoms with E-state index in [0.29, 0.717) is 25.3 Å². The molecule has 4 N–H and O–H groups in total. The Kier molecular flexibility index (Phi) is 8.72. The van der Waals surface area contributed by atoms with Crippen LogP contribution in [0.1, 0.15) is 66.4 Å². The maximum Gasteiger partial charge on any atom is 0.337 e. The predicted octanol–water partition coefficient (Wildman–Crippen LogP) is 4.39. The van der Waals surface area contributed by atoms with E-state index in [1.54, 1.807) is 29.6 Å². The molecule has 0 atom stereocenters. The quantitative estimate of drug-likeness (QED) is 0.351. The molecule has 0 saturated carbocycles. The zero-order valence-electron chi connectivity index (χ0n) is 19.7. The topological polar surface area (TPSA) is 115 Å². The molecule has 35 heavy (non-hydrogen) atoms. The Morgan fingerprint density at radius 1 is 1.06 bits per heavy atom. The highest BCUT2D eigenvalue weighted by Crippen LogP contribution is 2.30. The first-order valence-electron chi connectivity index (χ1n) is 12.2. The van der Waals surface area contributed by atoms with Crippen molar-refractivity contribution in [3.63, 3.8) is 0 Å². The first-order valence-corrected chi connectivity index (χ1v) is 13.0. The summed E-state index contributed by atoms with van der Waals surface area (Å²) in [5.74, 6) is -0.257. The Morgan fingerprint density at radius 3 is 2.60 bits per heavy atom. The molecule has 186 valence electrons. The van der Waals surface area contributed by atoms with Crippen molar-refractivity contribution >= 4 is 35.0 Å². The number of nitrogens with one attached hydrogen (secondary N) is 4. The number of carbonyl (C=O) groups excluding carboxylic acids is 3. The number of urea groups is 2. The number of amides is 5. The molecule has 1 aliphatic carbocycles. The van der Waals surface area contributed by atoms with Gasteiger partial charge in [-0.15, -0.1) is 11.3 Å². The third kappa shape index (κ3) is 7.29. The lowest BCUT2D eigenvalue weighted by molar-refractivity contribution is 0.0933. The van der Waals surface area contributed by atoms with Crippen molar-refractivity contribution in [3.05, 3.63) is 58.1 Å². The second-order valence-electron chi connectivity index (χ2n) is 8.82. The molecular weight excluding hydrogens is 464 g/mol. The van der Waals surface area contributed by atoms with Crippen LogP contribution in [0.3, 0.4) is 0 Å². The Bertz CT molecular complexity index is 1050. The summed E-state index contributed by atoms with van der Waals surface area (Å²) in [6.07, 6.45) is 9.74. The molecule has 1 aromatic heterocycles. The number of aromatic nitrogens is 1. The Labute approximate surface area is 209 Å². The van der Waals surface area contributed by atoms with Crippen LogP contribution in [0, 0.1) is 0 Å². The summed E-state index contributed by atoms with van der Waals surface area (Å²) in [5.41, 5.74) is 7.06. The lowest BCUT2D eigenvalue weighted by Gasteiger charge is -2.31. The number of likely N-dealkylation sites (tertiary alicyclic amines) is 1. The number of anilines is 1. The average Bonchev–Trinajstić information content (AvgIpc) is 3.39. The number of nitrogens with zero attached hydrogens (tertiary/aromatic N) is 2. The molecule has 0 spiro atoms. The van der Waals surface area contributed by atoms with E-state index >= 15 is 0 Å². The van der Waals surface area contributed by atoms with Gasteiger partial charge in [0.1, 0.15) is 5.69 Å². The van der Waals surface area contributed by atoms with Crippen LogP contribution < -0.4 is 21.5 Å². The summed E-state index contributed by atoms with van der Waals surface area (Å²) in [5, 5.41) is 8.26. The molecule has 1 saturated heterocycles. The number of thiazole rings is 1. The number of carbonyl (C=O) groups is 3. The number of para-hydroxylation sites is 1. The molecule has 10 heteroatoms. The molecule has 9 nitrogen and oxygen atoms in total. The fourth-order valence-corrected chi connectivity index (χ4v) is 5.32. The molecule has 0 radical (unpaired) electrons. The highest BCUT2D eigenvalue weighted by molar-refractivity contribution is 7.09. The third-order valence-electron chi connectivity index (χ3n) is 6.31. The van der Waals surface area contributed by atoms with Gasteiger partial charge in [-0.2, -0.15) is 0 Å². The van der Waals surface area contributed by atoms with Crippen molar-refractivity contribution in [3.8, 4) is 0 Å². The van der Waals surface area contributed by atoms with Crippen molar-refractivity contribution in [1.29, 1.82) is 0 Å². The van der Waals surface area contributed by atoms with Crippen LogP contribution in [-0.4, -0.2) is 47.5 Å². The van der Waals surface area contributed by atoms with E-state index in [4.69, 9.17) is 0 Å². The Balaban J connectivity index is 1.17. The van der Waals surface area contributed by atoms with Gasteiger partial charge in [0.15, 0.2) is 0 Å². The number of benzene rings is 1. The minimum atomic E-state index is -0.541. The van der Waals surface area contributed by atoms with Crippen LogP contribution in [0.15, 0.2) is 47.4 Å². The molecule has 4 rings (SSSR count). The lowest BCUT2D eigenvalue weighted by atomic mass is 9.97. The molecule has 2 aromatic rings. The van der Waals surface area contributed by atoms with Crippen molar-refractivity contribution < 1.29 is 14.4 Å². The molecule has 0 bridgehead atoms. The van der Waals surface area contributed by atoms with Gasteiger partial charge in [0, 0.05) is 36.6 Å². The van der Waals surface area contributed by atoms with E-state index in [-0.39, 0.29) is 17.6 Å². The first kappa shape index (κ1) is 24.7. The van der Waals surface area contributed by atoms with Crippen LogP contribution in [-0.2, 0) is 0 Å². The van der Waals surface area contributed by atoms with Crippen molar-refractivity contribution in [1.82, 2.24) is 26.1 Å². The second-order valence-corrected chi connectivity index (χ2v) is 9.71. The standard InChI is InChI=1S/C25H32N6O3S/c32-22(29-30-24(33)27-20-9-5-2-6-10-20)21-17-35-23(28-21)19-12-15-31(16-13-19)25(34)26-14-11-18-7-3-1-4-8-18/h2,5-7,9-10,17,19H,1,3-4,8,11-16H2,(H,26,34)(H,29,32)(H2,27,30,33). The van der Waals surface area contributed by atoms with E-state index in [1.807, 2.05) is 11.0 Å². The van der Waals surface area contributed by atoms with Gasteiger partial charge in [-0.25, -0.2) is 20.0 Å². The van der Waals surface area contributed by atoms with Gasteiger partial charge < -0.3 is 15.5 Å². The van der Waals surface area contributed by atoms with E-state index in [9.17, 15) is 14.4 Å². The van der Waals surface area contributed by atoms with Crippen LogP contribution >= 0.6 is 11.3 Å². The average molecular weight is 497 g/mol. The van der Waals surface area contributed by atoms with Gasteiger partial charge in [-0.05, 0) is 57.1 Å². The van der Waals surface area contributed by atoms with Gasteiger partial charge in [-0.1, -0.05) is 29.8 Å². The van der Waals surface area contributed by atoms with E-state index < -0.39 is 11.9 Å². The third-order valence-corrected chi connectivity index (χ3v) is 7.32. The minimum Gasteiger partial charge on any atom is -0.338 e. The van der Waals surface area contributed by atoms with Crippen LogP contribution in [0.2, 0.25) is 0 Å². The van der Waals surface area contributed by atoms with Crippen LogP contribution in [0.5, 0.6) is 0 Å². The summed E-state index contributed by atoms with van der Waals surface area (Å²) >= 11 is 1.43. The van der Waals surface area contributed by atoms with E-state index in [1.165, 1.54) is 29.8 Å². The number of hydrogen-bond acceptors (Lipinski definition) is 5. The number of piperidine rings is 1. The zero-order chi connectivity index (χ0) is 24.5. The molecule has 1 aromatic carbocycles. The zero-order valence-corrected chi connectivity index (χ0v) is 20.5. The lowest BCUT2D eigenvalue weighted by Crippen LogP contribution is -2.44. The number of allylic oxidation sites excluding steroid dienone is 1. The summed E-state index contributed by atoms with van der Waals surface area (Å²) < 4.78 is 0. The number of hydrogen-bond donors (Lipinski definition) is 4. The first-order chi connectivity index (χ1) is 17.1. The molecule has 0 unspecified atom stereocenters. The van der Waals surface area contributed by atoms with Crippen LogP contribution in [0.4, 0.5) is 15.3 Å². The largest absolute Gasteiger partial charge is 0.338 e. The molecule has 1 fully saturated rings. The highest BCUT2D eigenvalue weighted by atomic mass is 32.1. The number of hydrazine groups is 1. The molecule has 1 aliphatic heterocycles. The monoisotopic (exact) mass is 496 g/mol.